The highest BCUT2D eigenvalue weighted by Crippen LogP contribution is 2.67. The first-order valence-electron chi connectivity index (χ1n) is 10.6. The van der Waals surface area contributed by atoms with Crippen molar-refractivity contribution in [2.75, 3.05) is 13.1 Å². The van der Waals surface area contributed by atoms with Crippen LogP contribution in [0.1, 0.15) is 67.2 Å². The summed E-state index contributed by atoms with van der Waals surface area (Å²) in [5.41, 5.74) is -0.620. The Morgan fingerprint density at radius 3 is 1.44 bits per heavy atom. The van der Waals surface area contributed by atoms with Crippen LogP contribution < -0.4 is 0 Å². The lowest BCUT2D eigenvalue weighted by Gasteiger charge is -2.32. The predicted molar refractivity (Wildman–Crippen MR) is 104 cm³/mol. The van der Waals surface area contributed by atoms with E-state index in [1.165, 1.54) is 5.01 Å². The van der Waals surface area contributed by atoms with Gasteiger partial charge in [0.2, 0.25) is 0 Å². The summed E-state index contributed by atoms with van der Waals surface area (Å²) in [6.45, 7) is 13.7. The Bertz CT molecular complexity index is 658. The molecule has 0 heterocycles. The third kappa shape index (κ3) is 2.06. The molecule has 0 spiro atoms. The fraction of sp³-hybridized carbons (Fsp3) is 0.909. The van der Waals surface area contributed by atoms with Gasteiger partial charge in [-0.15, -0.1) is 4.91 Å². The topological polar surface area (TPSA) is 66.8 Å². The zero-order chi connectivity index (χ0) is 20.0. The lowest BCUT2D eigenvalue weighted by atomic mass is 9.70. The molecule has 0 aliphatic heterocycles. The van der Waals surface area contributed by atoms with Gasteiger partial charge in [-0.1, -0.05) is 41.5 Å². The number of rotatable bonds is 5. The van der Waals surface area contributed by atoms with Crippen LogP contribution in [0.15, 0.2) is 5.29 Å². The Morgan fingerprint density at radius 1 is 0.815 bits per heavy atom. The quantitative estimate of drug-likeness (QED) is 0.533. The largest absolute Gasteiger partial charge is 0.299 e. The highest BCUT2D eigenvalue weighted by Gasteiger charge is 2.68. The lowest BCUT2D eigenvalue weighted by molar-refractivity contribution is -0.132. The standard InChI is InChI=1S/C22H34N2O3/c1-19(2)15-7-9-21(19,5)17(25)13(15)11-24(23-27)12-14-16-8-10-22(6,18(14)26)20(16,3)4/h13-16H,7-12H2,1-6H3/t13-,14-,15-,16+,21-,22-/m1/s1. The maximum Gasteiger partial charge on any atom is 0.144 e. The first kappa shape index (κ1) is 19.1. The number of ketones is 2. The van der Waals surface area contributed by atoms with E-state index in [1.807, 2.05) is 0 Å². The average Bonchev–Trinajstić information content (AvgIpc) is 3.07. The van der Waals surface area contributed by atoms with E-state index >= 15 is 0 Å². The van der Waals surface area contributed by atoms with Crippen LogP contribution in [-0.2, 0) is 9.59 Å². The van der Waals surface area contributed by atoms with Gasteiger partial charge in [0, 0.05) is 35.8 Å². The van der Waals surface area contributed by atoms with E-state index in [4.69, 9.17) is 0 Å². The molecule has 4 aliphatic carbocycles. The van der Waals surface area contributed by atoms with E-state index in [0.717, 1.165) is 25.7 Å². The van der Waals surface area contributed by atoms with Gasteiger partial charge in [0.25, 0.3) is 0 Å². The summed E-state index contributed by atoms with van der Waals surface area (Å²) in [7, 11) is 0. The molecule has 0 aromatic carbocycles. The molecule has 4 rings (SSSR count). The summed E-state index contributed by atoms with van der Waals surface area (Å²) in [5, 5.41) is 4.78. The van der Waals surface area contributed by atoms with E-state index < -0.39 is 0 Å². The highest BCUT2D eigenvalue weighted by atomic mass is 16.3. The van der Waals surface area contributed by atoms with Gasteiger partial charge < -0.3 is 0 Å². The van der Waals surface area contributed by atoms with Crippen LogP contribution in [0.25, 0.3) is 0 Å². The van der Waals surface area contributed by atoms with Crippen LogP contribution in [0.5, 0.6) is 0 Å². The number of nitroso groups, excluding NO2 is 1. The number of hydrogen-bond acceptors (Lipinski definition) is 4. The molecule has 4 bridgehead atoms. The van der Waals surface area contributed by atoms with Crippen molar-refractivity contribution in [1.29, 1.82) is 0 Å². The Kier molecular flexibility index (Phi) is 3.83. The summed E-state index contributed by atoms with van der Waals surface area (Å²) in [4.78, 5) is 37.8. The van der Waals surface area contributed by atoms with Gasteiger partial charge in [-0.3, -0.25) is 14.6 Å². The van der Waals surface area contributed by atoms with Crippen LogP contribution in [0.2, 0.25) is 0 Å². The number of carbonyl (C=O) groups is 2. The molecule has 0 amide bonds. The van der Waals surface area contributed by atoms with Crippen LogP contribution in [0.4, 0.5) is 0 Å². The minimum absolute atomic E-state index is 0.0268. The first-order chi connectivity index (χ1) is 12.4. The van der Waals surface area contributed by atoms with Gasteiger partial charge in [0.15, 0.2) is 0 Å². The molecular weight excluding hydrogens is 340 g/mol. The van der Waals surface area contributed by atoms with Crippen molar-refractivity contribution >= 4 is 11.6 Å². The molecule has 150 valence electrons. The molecule has 0 aromatic rings. The predicted octanol–water partition coefficient (Wildman–Crippen LogP) is 4.25. The summed E-state index contributed by atoms with van der Waals surface area (Å²) < 4.78 is 0. The number of nitrogens with zero attached hydrogens (tertiary/aromatic N) is 2. The zero-order valence-electron chi connectivity index (χ0n) is 17.7. The van der Waals surface area contributed by atoms with Crippen LogP contribution in [0, 0.1) is 50.2 Å². The van der Waals surface area contributed by atoms with Gasteiger partial charge in [0.1, 0.15) is 11.6 Å². The number of hydrogen-bond donors (Lipinski definition) is 0. The second-order valence-corrected chi connectivity index (χ2v) is 11.3. The third-order valence-corrected chi connectivity index (χ3v) is 10.3. The average molecular weight is 375 g/mol. The molecule has 4 fully saturated rings. The van der Waals surface area contributed by atoms with Crippen LogP contribution in [0.3, 0.4) is 0 Å². The van der Waals surface area contributed by atoms with Crippen molar-refractivity contribution < 1.29 is 9.59 Å². The van der Waals surface area contributed by atoms with E-state index in [0.29, 0.717) is 36.5 Å². The summed E-state index contributed by atoms with van der Waals surface area (Å²) in [6.07, 6.45) is 3.99. The monoisotopic (exact) mass is 374 g/mol. The number of Topliss-reactive ketones (excluding diaryl/α,β-unsaturated/α-hetero) is 2. The highest BCUT2D eigenvalue weighted by molar-refractivity contribution is 5.92. The van der Waals surface area contributed by atoms with E-state index in [1.54, 1.807) is 0 Å². The zero-order valence-corrected chi connectivity index (χ0v) is 17.7. The fourth-order valence-corrected chi connectivity index (χ4v) is 7.56. The van der Waals surface area contributed by atoms with Gasteiger partial charge in [-0.2, -0.15) is 0 Å². The first-order valence-corrected chi connectivity index (χ1v) is 10.6. The molecule has 0 aromatic heterocycles. The van der Waals surface area contributed by atoms with Crippen LogP contribution >= 0.6 is 0 Å². The van der Waals surface area contributed by atoms with Crippen molar-refractivity contribution in [1.82, 2.24) is 5.01 Å². The van der Waals surface area contributed by atoms with Crippen LogP contribution in [-0.4, -0.2) is 29.7 Å². The Labute approximate surface area is 162 Å². The summed E-state index contributed by atoms with van der Waals surface area (Å²) >= 11 is 0. The molecule has 6 atom stereocenters. The molecule has 27 heavy (non-hydrogen) atoms. The summed E-state index contributed by atoms with van der Waals surface area (Å²) in [5.74, 6) is 0.947. The molecule has 4 saturated carbocycles. The Morgan fingerprint density at radius 2 is 1.19 bits per heavy atom. The Balaban J connectivity index is 1.52. The SMILES string of the molecule is CC1(C)[C@@H]2CC[C@]1(C)C(=O)[C@@H]2CN(C[C@H]1C(=O)[C@@]2(C)CC[C@@H]1C2(C)C)N=O. The summed E-state index contributed by atoms with van der Waals surface area (Å²) in [6, 6.07) is 0. The van der Waals surface area contributed by atoms with Gasteiger partial charge in [-0.05, 0) is 48.3 Å². The minimum atomic E-state index is -0.283. The maximum atomic E-state index is 13.1. The minimum Gasteiger partial charge on any atom is -0.299 e. The van der Waals surface area contributed by atoms with Gasteiger partial charge >= 0.3 is 0 Å². The second-order valence-electron chi connectivity index (χ2n) is 11.3. The van der Waals surface area contributed by atoms with E-state index in [-0.39, 0.29) is 33.5 Å². The van der Waals surface area contributed by atoms with Crippen molar-refractivity contribution in [2.45, 2.75) is 67.2 Å². The molecule has 0 saturated heterocycles. The fourth-order valence-electron chi connectivity index (χ4n) is 7.56. The normalized spacial score (nSPS) is 46.3. The van der Waals surface area contributed by atoms with E-state index in [2.05, 4.69) is 46.8 Å². The van der Waals surface area contributed by atoms with E-state index in [9.17, 15) is 14.5 Å². The van der Waals surface area contributed by atoms with Crippen molar-refractivity contribution in [3.63, 3.8) is 0 Å². The van der Waals surface area contributed by atoms with Crippen molar-refractivity contribution in [2.24, 2.45) is 50.6 Å². The van der Waals surface area contributed by atoms with Gasteiger partial charge in [0.05, 0.1) is 5.29 Å². The molecular formula is C22H34N2O3. The number of fused-ring (bicyclic) bond motifs is 4. The Hall–Kier alpha value is -1.26. The molecule has 0 radical (unpaired) electrons. The van der Waals surface area contributed by atoms with Crippen molar-refractivity contribution in [3.8, 4) is 0 Å². The molecule has 4 aliphatic rings. The second kappa shape index (κ2) is 5.42. The maximum absolute atomic E-state index is 13.1. The van der Waals surface area contributed by atoms with Gasteiger partial charge in [-0.25, -0.2) is 0 Å². The molecule has 0 unspecified atom stereocenters. The number of carbonyl (C=O) groups excluding carboxylic acids is 2. The third-order valence-electron chi connectivity index (χ3n) is 10.3. The molecule has 5 heteroatoms. The smallest absolute Gasteiger partial charge is 0.144 e. The van der Waals surface area contributed by atoms with Crippen molar-refractivity contribution in [3.05, 3.63) is 4.91 Å². The molecule has 5 nitrogen and oxygen atoms in total. The lowest BCUT2D eigenvalue weighted by Crippen LogP contribution is -2.41. The molecule has 0 N–H and O–H groups in total.